The number of amides is 1. The van der Waals surface area contributed by atoms with Crippen molar-refractivity contribution in [2.75, 3.05) is 27.3 Å². The molecule has 0 unspecified atom stereocenters. The molecule has 1 aromatic heterocycles. The molecule has 2 rings (SSSR count). The Morgan fingerprint density at radius 1 is 1.27 bits per heavy atom. The van der Waals surface area contributed by atoms with Gasteiger partial charge in [-0.15, -0.1) is 0 Å². The van der Waals surface area contributed by atoms with Crippen LogP contribution in [0.1, 0.15) is 10.4 Å². The Morgan fingerprint density at radius 3 is 2.68 bits per heavy atom. The molecule has 1 heterocycles. The molecule has 0 aliphatic carbocycles. The normalized spacial score (nSPS) is 10.1. The highest BCUT2D eigenvalue weighted by atomic mass is 35.5. The Bertz CT molecular complexity index is 632. The van der Waals surface area contributed by atoms with Crippen LogP contribution in [-0.4, -0.2) is 43.1 Å². The first-order valence-electron chi connectivity index (χ1n) is 6.74. The molecule has 0 saturated heterocycles. The summed E-state index contributed by atoms with van der Waals surface area (Å²) in [4.78, 5) is 17.9. The summed E-state index contributed by atoms with van der Waals surface area (Å²) in [7, 11) is 3.20. The van der Waals surface area contributed by atoms with E-state index in [1.165, 1.54) is 7.11 Å². The summed E-state index contributed by atoms with van der Waals surface area (Å²) in [5, 5.41) is 0.656. The van der Waals surface area contributed by atoms with Crippen molar-refractivity contribution < 1.29 is 14.3 Å². The second-order valence-corrected chi connectivity index (χ2v) is 5.03. The lowest BCUT2D eigenvalue weighted by molar-refractivity contribution is 0.0769. The summed E-state index contributed by atoms with van der Waals surface area (Å²) in [6.45, 7) is 0.825. The second-order valence-electron chi connectivity index (χ2n) is 4.59. The lowest BCUT2D eigenvalue weighted by Crippen LogP contribution is -2.31. The molecule has 6 heteroatoms. The maximum absolute atomic E-state index is 12.3. The first kappa shape index (κ1) is 16.1. The summed E-state index contributed by atoms with van der Waals surface area (Å²) in [6.07, 6.45) is 1.58. The molecule has 0 fully saturated rings. The highest BCUT2D eigenvalue weighted by molar-refractivity contribution is 6.30. The monoisotopic (exact) mass is 320 g/mol. The van der Waals surface area contributed by atoms with Crippen molar-refractivity contribution in [3.63, 3.8) is 0 Å². The van der Waals surface area contributed by atoms with E-state index >= 15 is 0 Å². The van der Waals surface area contributed by atoms with E-state index in [0.29, 0.717) is 35.4 Å². The quantitative estimate of drug-likeness (QED) is 0.821. The third-order valence-corrected chi connectivity index (χ3v) is 3.30. The molecular weight excluding hydrogens is 304 g/mol. The minimum Gasteiger partial charge on any atom is -0.492 e. The van der Waals surface area contributed by atoms with Crippen LogP contribution in [0.2, 0.25) is 5.02 Å². The van der Waals surface area contributed by atoms with Gasteiger partial charge in [0.2, 0.25) is 5.88 Å². The molecule has 1 amide bonds. The fourth-order valence-corrected chi connectivity index (χ4v) is 1.98. The predicted octanol–water partition coefficient (Wildman–Crippen LogP) is 2.89. The fraction of sp³-hybridized carbons (Fsp3) is 0.250. The third-order valence-electron chi connectivity index (χ3n) is 3.05. The average Bonchev–Trinajstić information content (AvgIpc) is 2.55. The van der Waals surface area contributed by atoms with Gasteiger partial charge in [0.05, 0.1) is 13.7 Å². The van der Waals surface area contributed by atoms with Crippen LogP contribution in [0, 0.1) is 0 Å². The lowest BCUT2D eigenvalue weighted by Gasteiger charge is -2.18. The van der Waals surface area contributed by atoms with E-state index in [2.05, 4.69) is 4.98 Å². The van der Waals surface area contributed by atoms with Crippen molar-refractivity contribution >= 4 is 17.5 Å². The van der Waals surface area contributed by atoms with Crippen LogP contribution < -0.4 is 9.47 Å². The third kappa shape index (κ3) is 4.11. The van der Waals surface area contributed by atoms with Crippen molar-refractivity contribution in [1.82, 2.24) is 9.88 Å². The van der Waals surface area contributed by atoms with Crippen LogP contribution in [0.25, 0.3) is 0 Å². The van der Waals surface area contributed by atoms with Crippen molar-refractivity contribution in [2.24, 2.45) is 0 Å². The predicted molar refractivity (Wildman–Crippen MR) is 84.7 cm³/mol. The Kier molecular flexibility index (Phi) is 5.61. The van der Waals surface area contributed by atoms with Gasteiger partial charge in [-0.05, 0) is 36.4 Å². The number of ether oxygens (including phenoxy) is 2. The number of hydrogen-bond donors (Lipinski definition) is 0. The molecule has 0 aliphatic heterocycles. The summed E-state index contributed by atoms with van der Waals surface area (Å²) < 4.78 is 10.7. The van der Waals surface area contributed by atoms with E-state index in [9.17, 15) is 4.79 Å². The Labute approximate surface area is 134 Å². The molecule has 0 saturated carbocycles. The van der Waals surface area contributed by atoms with Gasteiger partial charge in [0.1, 0.15) is 17.9 Å². The minimum atomic E-state index is -0.162. The lowest BCUT2D eigenvalue weighted by atomic mass is 10.2. The first-order valence-corrected chi connectivity index (χ1v) is 7.12. The number of halogens is 1. The number of benzene rings is 1. The zero-order chi connectivity index (χ0) is 15.9. The average molecular weight is 321 g/mol. The Balaban J connectivity index is 1.90. The van der Waals surface area contributed by atoms with Gasteiger partial charge < -0.3 is 14.4 Å². The van der Waals surface area contributed by atoms with Gasteiger partial charge in [0.25, 0.3) is 5.91 Å². The van der Waals surface area contributed by atoms with Gasteiger partial charge in [-0.3, -0.25) is 4.79 Å². The number of methoxy groups -OCH3 is 1. The molecular formula is C16H17ClN2O3. The Hall–Kier alpha value is -2.27. The highest BCUT2D eigenvalue weighted by Gasteiger charge is 2.16. The SMILES string of the molecule is COc1ncccc1C(=O)N(C)CCOc1ccc(Cl)cc1. The Morgan fingerprint density at radius 2 is 2.00 bits per heavy atom. The molecule has 0 spiro atoms. The van der Waals surface area contributed by atoms with Gasteiger partial charge in [0, 0.05) is 18.3 Å². The number of carbonyl (C=O) groups is 1. The van der Waals surface area contributed by atoms with Gasteiger partial charge >= 0.3 is 0 Å². The topological polar surface area (TPSA) is 51.7 Å². The maximum Gasteiger partial charge on any atom is 0.259 e. The molecule has 116 valence electrons. The van der Waals surface area contributed by atoms with Crippen LogP contribution in [0.15, 0.2) is 42.6 Å². The van der Waals surface area contributed by atoms with Crippen molar-refractivity contribution in [3.8, 4) is 11.6 Å². The summed E-state index contributed by atoms with van der Waals surface area (Å²) in [6, 6.07) is 10.5. The van der Waals surface area contributed by atoms with Crippen LogP contribution in [0.5, 0.6) is 11.6 Å². The van der Waals surface area contributed by atoms with Gasteiger partial charge in [0.15, 0.2) is 0 Å². The van der Waals surface area contributed by atoms with Gasteiger partial charge in [-0.25, -0.2) is 4.98 Å². The molecule has 0 radical (unpaired) electrons. The summed E-state index contributed by atoms with van der Waals surface area (Å²) >= 11 is 5.81. The van der Waals surface area contributed by atoms with Crippen LogP contribution in [0.4, 0.5) is 0 Å². The first-order chi connectivity index (χ1) is 10.6. The van der Waals surface area contributed by atoms with E-state index in [1.807, 2.05) is 0 Å². The minimum absolute atomic E-state index is 0.162. The van der Waals surface area contributed by atoms with Crippen LogP contribution >= 0.6 is 11.6 Å². The second kappa shape index (κ2) is 7.66. The summed E-state index contributed by atoms with van der Waals surface area (Å²) in [5.74, 6) is 0.867. The van der Waals surface area contributed by atoms with E-state index in [-0.39, 0.29) is 5.91 Å². The van der Waals surface area contributed by atoms with Crippen molar-refractivity contribution in [3.05, 3.63) is 53.2 Å². The zero-order valence-electron chi connectivity index (χ0n) is 12.5. The van der Waals surface area contributed by atoms with Crippen LogP contribution in [0.3, 0.4) is 0 Å². The molecule has 0 aliphatic rings. The molecule has 2 aromatic rings. The number of rotatable bonds is 6. The largest absolute Gasteiger partial charge is 0.492 e. The van der Waals surface area contributed by atoms with E-state index in [0.717, 1.165) is 0 Å². The smallest absolute Gasteiger partial charge is 0.259 e. The van der Waals surface area contributed by atoms with E-state index < -0.39 is 0 Å². The molecule has 5 nitrogen and oxygen atoms in total. The number of likely N-dealkylation sites (N-methyl/N-ethyl adjacent to an activating group) is 1. The van der Waals surface area contributed by atoms with Crippen molar-refractivity contribution in [1.29, 1.82) is 0 Å². The number of carbonyl (C=O) groups excluding carboxylic acids is 1. The summed E-state index contributed by atoms with van der Waals surface area (Å²) in [5.41, 5.74) is 0.430. The van der Waals surface area contributed by atoms with Crippen molar-refractivity contribution in [2.45, 2.75) is 0 Å². The van der Waals surface area contributed by atoms with E-state index in [4.69, 9.17) is 21.1 Å². The number of pyridine rings is 1. The number of hydrogen-bond acceptors (Lipinski definition) is 4. The van der Waals surface area contributed by atoms with E-state index in [1.54, 1.807) is 54.5 Å². The zero-order valence-corrected chi connectivity index (χ0v) is 13.2. The molecule has 22 heavy (non-hydrogen) atoms. The van der Waals surface area contributed by atoms with Crippen LogP contribution in [-0.2, 0) is 0 Å². The molecule has 0 bridgehead atoms. The van der Waals surface area contributed by atoms with Gasteiger partial charge in [-0.2, -0.15) is 0 Å². The molecule has 0 atom stereocenters. The standard InChI is InChI=1S/C16H17ClN2O3/c1-19(10-11-22-13-7-5-12(17)6-8-13)16(20)14-4-3-9-18-15(14)21-2/h3-9H,10-11H2,1-2H3. The maximum atomic E-state index is 12.3. The van der Waals surface area contributed by atoms with Gasteiger partial charge in [-0.1, -0.05) is 11.6 Å². The molecule has 0 N–H and O–H groups in total. The number of nitrogens with zero attached hydrogens (tertiary/aromatic N) is 2. The number of aromatic nitrogens is 1. The molecule has 1 aromatic carbocycles. The highest BCUT2D eigenvalue weighted by Crippen LogP contribution is 2.17. The fourth-order valence-electron chi connectivity index (χ4n) is 1.85.